The van der Waals surface area contributed by atoms with Gasteiger partial charge in [0.2, 0.25) is 0 Å². The number of methoxy groups -OCH3 is 1. The predicted octanol–water partition coefficient (Wildman–Crippen LogP) is 2.13. The van der Waals surface area contributed by atoms with E-state index in [-0.39, 0.29) is 35.2 Å². The summed E-state index contributed by atoms with van der Waals surface area (Å²) in [6, 6.07) is 0.379. The van der Waals surface area contributed by atoms with Gasteiger partial charge >= 0.3 is 6.03 Å². The maximum absolute atomic E-state index is 12.4. The summed E-state index contributed by atoms with van der Waals surface area (Å²) >= 11 is 0. The largest absolute Gasteiger partial charge is 0.393 e. The van der Waals surface area contributed by atoms with Crippen molar-refractivity contribution in [2.75, 3.05) is 14.2 Å². The van der Waals surface area contributed by atoms with E-state index in [1.54, 1.807) is 7.11 Å². The van der Waals surface area contributed by atoms with Crippen LogP contribution in [-0.2, 0) is 4.74 Å². The van der Waals surface area contributed by atoms with Crippen molar-refractivity contribution in [1.29, 1.82) is 0 Å². The fourth-order valence-corrected chi connectivity index (χ4v) is 3.71. The van der Waals surface area contributed by atoms with Crippen molar-refractivity contribution in [2.24, 2.45) is 5.41 Å². The smallest absolute Gasteiger partial charge is 0.317 e. The first-order valence-electron chi connectivity index (χ1n) is 7.98. The second kappa shape index (κ2) is 5.76. The van der Waals surface area contributed by atoms with Crippen LogP contribution in [0.5, 0.6) is 0 Å². The number of aliphatic hydroxyl groups excluding tert-OH is 1. The van der Waals surface area contributed by atoms with Crippen LogP contribution in [0.25, 0.3) is 0 Å². The Morgan fingerprint density at radius 3 is 2.29 bits per heavy atom. The Kier molecular flexibility index (Phi) is 4.54. The van der Waals surface area contributed by atoms with Gasteiger partial charge in [-0.1, -0.05) is 13.8 Å². The lowest BCUT2D eigenvalue weighted by Gasteiger charge is -2.61. The molecule has 2 aliphatic rings. The fourth-order valence-electron chi connectivity index (χ4n) is 3.71. The summed E-state index contributed by atoms with van der Waals surface area (Å²) in [6.45, 7) is 6.43. The Balaban J connectivity index is 1.89. The van der Waals surface area contributed by atoms with Crippen LogP contribution in [0.3, 0.4) is 0 Å². The summed E-state index contributed by atoms with van der Waals surface area (Å²) in [4.78, 5) is 14.3. The van der Waals surface area contributed by atoms with Crippen LogP contribution in [0.1, 0.15) is 52.9 Å². The van der Waals surface area contributed by atoms with Crippen molar-refractivity contribution < 1.29 is 14.6 Å². The van der Waals surface area contributed by atoms with E-state index in [0.29, 0.717) is 0 Å². The number of carbonyl (C=O) groups excluding carboxylic acids is 1. The first kappa shape index (κ1) is 16.6. The SMILES string of the molecule is COC1(C)CC(N(C)C(=O)NC2CCC(O)CC2)C1(C)C. The van der Waals surface area contributed by atoms with Crippen LogP contribution in [0.2, 0.25) is 0 Å². The highest BCUT2D eigenvalue weighted by molar-refractivity contribution is 5.75. The van der Waals surface area contributed by atoms with Crippen LogP contribution < -0.4 is 5.32 Å². The number of ether oxygens (including phenoxy) is 1. The number of nitrogens with one attached hydrogen (secondary N) is 1. The Morgan fingerprint density at radius 1 is 1.24 bits per heavy atom. The summed E-state index contributed by atoms with van der Waals surface area (Å²) in [5, 5.41) is 12.6. The van der Waals surface area contributed by atoms with Crippen molar-refractivity contribution >= 4 is 6.03 Å². The number of hydrogen-bond acceptors (Lipinski definition) is 3. The second-order valence-corrected chi connectivity index (χ2v) is 7.44. The van der Waals surface area contributed by atoms with Crippen LogP contribution in [0, 0.1) is 5.41 Å². The molecule has 0 aromatic carbocycles. The van der Waals surface area contributed by atoms with Crippen LogP contribution in [-0.4, -0.2) is 54.0 Å². The highest BCUT2D eigenvalue weighted by atomic mass is 16.5. The minimum atomic E-state index is -0.191. The van der Waals surface area contributed by atoms with Gasteiger partial charge in [-0.3, -0.25) is 0 Å². The van der Waals surface area contributed by atoms with Gasteiger partial charge in [-0.25, -0.2) is 4.79 Å². The molecule has 0 aliphatic heterocycles. The van der Waals surface area contributed by atoms with Crippen LogP contribution in [0.4, 0.5) is 4.79 Å². The van der Waals surface area contributed by atoms with Gasteiger partial charge in [0, 0.05) is 31.7 Å². The molecule has 21 heavy (non-hydrogen) atoms. The van der Waals surface area contributed by atoms with E-state index in [0.717, 1.165) is 32.1 Å². The normalized spacial score (nSPS) is 38.5. The molecule has 2 unspecified atom stereocenters. The molecule has 122 valence electrons. The van der Waals surface area contributed by atoms with Crippen molar-refractivity contribution in [1.82, 2.24) is 10.2 Å². The molecule has 2 saturated carbocycles. The van der Waals surface area contributed by atoms with Crippen molar-refractivity contribution in [2.45, 2.75) is 76.7 Å². The third kappa shape index (κ3) is 2.90. The van der Waals surface area contributed by atoms with E-state index < -0.39 is 0 Å². The first-order chi connectivity index (χ1) is 9.71. The third-order valence-electron chi connectivity index (χ3n) is 6.04. The monoisotopic (exact) mass is 298 g/mol. The summed E-state index contributed by atoms with van der Waals surface area (Å²) in [6.07, 6.45) is 3.97. The quantitative estimate of drug-likeness (QED) is 0.839. The van der Waals surface area contributed by atoms with E-state index >= 15 is 0 Å². The molecular weight excluding hydrogens is 268 g/mol. The highest BCUT2D eigenvalue weighted by Crippen LogP contribution is 2.53. The average molecular weight is 298 g/mol. The molecule has 5 heteroatoms. The van der Waals surface area contributed by atoms with E-state index in [4.69, 9.17) is 4.74 Å². The zero-order chi connectivity index (χ0) is 15.8. The molecular formula is C16H30N2O3. The number of carbonyl (C=O) groups is 1. The number of amides is 2. The highest BCUT2D eigenvalue weighted by Gasteiger charge is 2.59. The topological polar surface area (TPSA) is 61.8 Å². The summed E-state index contributed by atoms with van der Waals surface area (Å²) in [7, 11) is 3.61. The molecule has 0 aromatic rings. The van der Waals surface area contributed by atoms with Gasteiger partial charge in [0.25, 0.3) is 0 Å². The van der Waals surface area contributed by atoms with Gasteiger partial charge in [0.15, 0.2) is 0 Å². The van der Waals surface area contributed by atoms with Gasteiger partial charge in [-0.2, -0.15) is 0 Å². The predicted molar refractivity (Wildman–Crippen MR) is 82.2 cm³/mol. The average Bonchev–Trinajstić information content (AvgIpc) is 2.45. The maximum atomic E-state index is 12.4. The lowest BCUT2D eigenvalue weighted by Crippen LogP contribution is -2.69. The summed E-state index contributed by atoms with van der Waals surface area (Å²) < 4.78 is 5.62. The molecule has 2 atom stereocenters. The van der Waals surface area contributed by atoms with Crippen molar-refractivity contribution in [3.8, 4) is 0 Å². The zero-order valence-corrected chi connectivity index (χ0v) is 14.0. The number of urea groups is 1. The zero-order valence-electron chi connectivity index (χ0n) is 14.0. The molecule has 2 rings (SSSR count). The molecule has 0 bridgehead atoms. The van der Waals surface area contributed by atoms with E-state index in [2.05, 4.69) is 26.1 Å². The molecule has 0 heterocycles. The number of nitrogens with zero attached hydrogens (tertiary/aromatic N) is 1. The molecule has 0 aromatic heterocycles. The van der Waals surface area contributed by atoms with E-state index in [1.165, 1.54) is 0 Å². The van der Waals surface area contributed by atoms with Crippen LogP contribution >= 0.6 is 0 Å². The number of aliphatic hydroxyl groups is 1. The Morgan fingerprint density at radius 2 is 1.81 bits per heavy atom. The molecule has 5 nitrogen and oxygen atoms in total. The Bertz CT molecular complexity index is 391. The minimum Gasteiger partial charge on any atom is -0.393 e. The lowest BCUT2D eigenvalue weighted by atomic mass is 9.55. The molecule has 2 fully saturated rings. The van der Waals surface area contributed by atoms with E-state index in [9.17, 15) is 9.90 Å². The minimum absolute atomic E-state index is 0.00684. The van der Waals surface area contributed by atoms with E-state index in [1.807, 2.05) is 11.9 Å². The number of hydrogen-bond donors (Lipinski definition) is 2. The first-order valence-corrected chi connectivity index (χ1v) is 7.98. The Hall–Kier alpha value is -0.810. The van der Waals surface area contributed by atoms with Crippen molar-refractivity contribution in [3.63, 3.8) is 0 Å². The van der Waals surface area contributed by atoms with Crippen molar-refractivity contribution in [3.05, 3.63) is 0 Å². The fraction of sp³-hybridized carbons (Fsp3) is 0.938. The van der Waals surface area contributed by atoms with Gasteiger partial charge in [0.1, 0.15) is 0 Å². The summed E-state index contributed by atoms with van der Waals surface area (Å²) in [5.74, 6) is 0. The Labute approximate surface area is 128 Å². The second-order valence-electron chi connectivity index (χ2n) is 7.44. The van der Waals surface area contributed by atoms with Gasteiger partial charge in [0.05, 0.1) is 11.7 Å². The molecule has 2 N–H and O–H groups in total. The van der Waals surface area contributed by atoms with Crippen LogP contribution in [0.15, 0.2) is 0 Å². The van der Waals surface area contributed by atoms with Gasteiger partial charge < -0.3 is 20.1 Å². The lowest BCUT2D eigenvalue weighted by molar-refractivity contribution is -0.198. The molecule has 2 aliphatic carbocycles. The maximum Gasteiger partial charge on any atom is 0.317 e. The molecule has 2 amide bonds. The third-order valence-corrected chi connectivity index (χ3v) is 6.04. The summed E-state index contributed by atoms with van der Waals surface area (Å²) in [5.41, 5.74) is -0.224. The molecule has 0 spiro atoms. The molecule has 0 saturated heterocycles. The number of rotatable bonds is 3. The van der Waals surface area contributed by atoms with Gasteiger partial charge in [-0.05, 0) is 39.0 Å². The molecule has 0 radical (unpaired) electrons. The standard InChI is InChI=1S/C16H30N2O3/c1-15(2)13(10-16(15,3)21-5)18(4)14(20)17-11-6-8-12(19)9-7-11/h11-13,19H,6-10H2,1-5H3,(H,17,20). The van der Waals surface area contributed by atoms with Gasteiger partial charge in [-0.15, -0.1) is 0 Å².